The molecule has 2 saturated heterocycles. The summed E-state index contributed by atoms with van der Waals surface area (Å²) in [5.41, 5.74) is 0. The molecule has 2 aliphatic heterocycles. The second kappa shape index (κ2) is 21.5. The van der Waals surface area contributed by atoms with Gasteiger partial charge in [0.25, 0.3) is 0 Å². The number of hydrogen-bond donors (Lipinski definition) is 8. The third kappa shape index (κ3) is 13.3. The van der Waals surface area contributed by atoms with Crippen LogP contribution in [0.25, 0.3) is 0 Å². The maximum atomic E-state index is 10.7. The number of aliphatic carboxylic acids is 1. The molecule has 8 N–H and O–H groups in total. The van der Waals surface area contributed by atoms with E-state index < -0.39 is 80.6 Å². The van der Waals surface area contributed by atoms with E-state index in [0.717, 1.165) is 77.0 Å². The SMILES string of the molecule is O=C(O)CCCCCCC/C=C\CCCCCCCCO[C@@H]1O[C@H](CO)[C@@H](O)[C@H](O)[C@H]1O[C@@H]1O[C@H](CO)[C@@H](O)[C@H](O)[C@H]1O. The molecule has 0 aliphatic carbocycles. The van der Waals surface area contributed by atoms with E-state index in [-0.39, 0.29) is 13.0 Å². The highest BCUT2D eigenvalue weighted by atomic mass is 16.8. The van der Waals surface area contributed by atoms with Gasteiger partial charge in [-0.15, -0.1) is 0 Å². The first-order valence-electron chi connectivity index (χ1n) is 15.8. The topological polar surface area (TPSA) is 216 Å². The van der Waals surface area contributed by atoms with Crippen LogP contribution < -0.4 is 0 Å². The summed E-state index contributed by atoms with van der Waals surface area (Å²) in [4.78, 5) is 10.5. The lowest BCUT2D eigenvalue weighted by Gasteiger charge is -2.45. The van der Waals surface area contributed by atoms with Crippen LogP contribution in [0.1, 0.15) is 89.9 Å². The largest absolute Gasteiger partial charge is 0.481 e. The Kier molecular flexibility index (Phi) is 19.0. The highest BCUT2D eigenvalue weighted by Gasteiger charge is 2.50. The Morgan fingerprint density at radius 2 is 1.09 bits per heavy atom. The highest BCUT2D eigenvalue weighted by Crippen LogP contribution is 2.30. The van der Waals surface area contributed by atoms with Crippen LogP contribution in [0.2, 0.25) is 0 Å². The average Bonchev–Trinajstić information content (AvgIpc) is 2.99. The van der Waals surface area contributed by atoms with Crippen LogP contribution in [0.4, 0.5) is 0 Å². The van der Waals surface area contributed by atoms with Crippen molar-refractivity contribution in [2.24, 2.45) is 0 Å². The Morgan fingerprint density at radius 3 is 1.65 bits per heavy atom. The number of aliphatic hydroxyl groups is 7. The van der Waals surface area contributed by atoms with Crippen LogP contribution >= 0.6 is 0 Å². The minimum Gasteiger partial charge on any atom is -0.481 e. The molecule has 0 spiro atoms. The van der Waals surface area contributed by atoms with Gasteiger partial charge < -0.3 is 59.8 Å². The van der Waals surface area contributed by atoms with Crippen LogP contribution in [-0.4, -0.2) is 128 Å². The van der Waals surface area contributed by atoms with Gasteiger partial charge in [0.2, 0.25) is 0 Å². The Balaban J connectivity index is 1.62. The fourth-order valence-electron chi connectivity index (χ4n) is 5.25. The number of aliphatic hydroxyl groups excluding tert-OH is 7. The van der Waals surface area contributed by atoms with Crippen molar-refractivity contribution in [1.29, 1.82) is 0 Å². The van der Waals surface area contributed by atoms with Gasteiger partial charge in [0.1, 0.15) is 48.8 Å². The molecule has 0 unspecified atom stereocenters. The summed E-state index contributed by atoms with van der Waals surface area (Å²) in [6.07, 6.45) is 3.38. The van der Waals surface area contributed by atoms with Gasteiger partial charge in [0, 0.05) is 13.0 Å². The number of carboxylic acid groups (broad SMARTS) is 1. The number of hydrogen-bond acceptors (Lipinski definition) is 12. The number of carbonyl (C=O) groups is 1. The summed E-state index contributed by atoms with van der Waals surface area (Å²) in [5.74, 6) is -0.720. The minimum absolute atomic E-state index is 0.252. The summed E-state index contributed by atoms with van der Waals surface area (Å²) in [5, 5.41) is 78.9. The quantitative estimate of drug-likeness (QED) is 0.0618. The molecule has 13 heteroatoms. The molecule has 252 valence electrons. The van der Waals surface area contributed by atoms with Gasteiger partial charge >= 0.3 is 5.97 Å². The van der Waals surface area contributed by atoms with Crippen molar-refractivity contribution in [1.82, 2.24) is 0 Å². The normalized spacial score (nSPS) is 33.3. The summed E-state index contributed by atoms with van der Waals surface area (Å²) in [6.45, 7) is -0.973. The van der Waals surface area contributed by atoms with Gasteiger partial charge in [-0.3, -0.25) is 4.79 Å². The van der Waals surface area contributed by atoms with E-state index in [1.165, 1.54) is 0 Å². The smallest absolute Gasteiger partial charge is 0.303 e. The number of allylic oxidation sites excluding steroid dienone is 2. The number of ether oxygens (including phenoxy) is 4. The van der Waals surface area contributed by atoms with Crippen molar-refractivity contribution >= 4 is 5.97 Å². The van der Waals surface area contributed by atoms with E-state index in [0.29, 0.717) is 6.42 Å². The third-order valence-electron chi connectivity index (χ3n) is 7.94. The molecule has 0 amide bonds. The van der Waals surface area contributed by atoms with Gasteiger partial charge in [0.15, 0.2) is 12.6 Å². The fraction of sp³-hybridized carbons (Fsp3) is 0.900. The zero-order chi connectivity index (χ0) is 31.6. The summed E-state index contributed by atoms with van der Waals surface area (Å²) in [7, 11) is 0. The number of unbranched alkanes of at least 4 members (excludes halogenated alkanes) is 11. The van der Waals surface area contributed by atoms with Gasteiger partial charge in [-0.25, -0.2) is 0 Å². The van der Waals surface area contributed by atoms with Crippen LogP contribution in [0.3, 0.4) is 0 Å². The van der Waals surface area contributed by atoms with E-state index in [4.69, 9.17) is 24.1 Å². The van der Waals surface area contributed by atoms with Crippen molar-refractivity contribution in [3.8, 4) is 0 Å². The Morgan fingerprint density at radius 1 is 0.605 bits per heavy atom. The molecule has 2 heterocycles. The lowest BCUT2D eigenvalue weighted by molar-refractivity contribution is -0.367. The van der Waals surface area contributed by atoms with Crippen molar-refractivity contribution in [2.45, 2.75) is 151 Å². The molecule has 2 fully saturated rings. The second-order valence-corrected chi connectivity index (χ2v) is 11.5. The number of carboxylic acids is 1. The van der Waals surface area contributed by atoms with Crippen molar-refractivity contribution in [3.05, 3.63) is 12.2 Å². The Hall–Kier alpha value is -1.23. The maximum absolute atomic E-state index is 10.7. The first-order chi connectivity index (χ1) is 20.7. The van der Waals surface area contributed by atoms with E-state index in [9.17, 15) is 40.5 Å². The molecular formula is C30H54O13. The van der Waals surface area contributed by atoms with Crippen LogP contribution in [0.5, 0.6) is 0 Å². The molecule has 10 atom stereocenters. The summed E-state index contributed by atoms with van der Waals surface area (Å²) < 4.78 is 22.4. The second-order valence-electron chi connectivity index (χ2n) is 11.5. The van der Waals surface area contributed by atoms with Crippen LogP contribution in [-0.2, 0) is 23.7 Å². The fourth-order valence-corrected chi connectivity index (χ4v) is 5.25. The van der Waals surface area contributed by atoms with Crippen molar-refractivity contribution in [3.63, 3.8) is 0 Å². The molecule has 2 rings (SSSR count). The van der Waals surface area contributed by atoms with Gasteiger partial charge in [-0.2, -0.15) is 0 Å². The lowest BCUT2D eigenvalue weighted by atomic mass is 9.97. The van der Waals surface area contributed by atoms with Crippen LogP contribution in [0.15, 0.2) is 12.2 Å². The maximum Gasteiger partial charge on any atom is 0.303 e. The zero-order valence-electron chi connectivity index (χ0n) is 25.1. The zero-order valence-corrected chi connectivity index (χ0v) is 25.1. The van der Waals surface area contributed by atoms with Gasteiger partial charge in [0.05, 0.1) is 13.2 Å². The predicted molar refractivity (Wildman–Crippen MR) is 154 cm³/mol. The number of rotatable bonds is 22. The predicted octanol–water partition coefficient (Wildman–Crippen LogP) is 0.729. The molecule has 0 bridgehead atoms. The molecular weight excluding hydrogens is 568 g/mol. The molecule has 0 aromatic heterocycles. The van der Waals surface area contributed by atoms with Gasteiger partial charge in [-0.05, 0) is 38.5 Å². The van der Waals surface area contributed by atoms with E-state index in [2.05, 4.69) is 12.2 Å². The van der Waals surface area contributed by atoms with Crippen LogP contribution in [0, 0.1) is 0 Å². The first kappa shape index (κ1) is 38.0. The molecule has 43 heavy (non-hydrogen) atoms. The third-order valence-corrected chi connectivity index (χ3v) is 7.94. The molecule has 0 radical (unpaired) electrons. The minimum atomic E-state index is -1.71. The first-order valence-corrected chi connectivity index (χ1v) is 15.8. The van der Waals surface area contributed by atoms with E-state index in [1.54, 1.807) is 0 Å². The molecule has 0 aromatic carbocycles. The van der Waals surface area contributed by atoms with E-state index in [1.807, 2.05) is 0 Å². The molecule has 2 aliphatic rings. The van der Waals surface area contributed by atoms with Crippen molar-refractivity contribution < 1.29 is 64.6 Å². The molecule has 13 nitrogen and oxygen atoms in total. The summed E-state index contributed by atoms with van der Waals surface area (Å²) in [6, 6.07) is 0. The molecule has 0 aromatic rings. The average molecular weight is 623 g/mol. The van der Waals surface area contributed by atoms with E-state index >= 15 is 0 Å². The van der Waals surface area contributed by atoms with Crippen molar-refractivity contribution in [2.75, 3.05) is 19.8 Å². The lowest BCUT2D eigenvalue weighted by Crippen LogP contribution is -2.64. The monoisotopic (exact) mass is 622 g/mol. The standard InChI is InChI=1S/C30H54O13/c31-18-20-23(35)25(37)27(39)29(41-20)43-28-26(38)24(36)21(19-32)42-30(28)40-17-15-13-11-9-7-5-3-1-2-4-6-8-10-12-14-16-22(33)34/h1-2,20-21,23-32,35-39H,3-19H2,(H,33,34)/b2-1-/t20-,21-,23-,24-,25+,26+,27-,28-,29+,30-/m1/s1. The Labute approximate surface area is 254 Å². The summed E-state index contributed by atoms with van der Waals surface area (Å²) >= 11 is 0. The van der Waals surface area contributed by atoms with Gasteiger partial charge in [-0.1, -0.05) is 57.1 Å². The molecule has 0 saturated carbocycles. The Bertz CT molecular complexity index is 766. The highest BCUT2D eigenvalue weighted by molar-refractivity contribution is 5.66.